The molecule has 19 heavy (non-hydrogen) atoms. The van der Waals surface area contributed by atoms with Gasteiger partial charge in [-0.1, -0.05) is 19.1 Å². The predicted molar refractivity (Wildman–Crippen MR) is 74.9 cm³/mol. The van der Waals surface area contributed by atoms with Gasteiger partial charge in [0.15, 0.2) is 11.5 Å². The molecule has 2 heterocycles. The molecule has 2 rings (SSSR count). The largest absolute Gasteiger partial charge is 0.476 e. The maximum absolute atomic E-state index is 11.5. The van der Waals surface area contributed by atoms with Crippen molar-refractivity contribution in [3.63, 3.8) is 0 Å². The number of rotatable bonds is 6. The van der Waals surface area contributed by atoms with Gasteiger partial charge in [0.25, 0.3) is 0 Å². The van der Waals surface area contributed by atoms with Gasteiger partial charge in [-0.15, -0.1) is 6.58 Å². The molecule has 0 saturated heterocycles. The van der Waals surface area contributed by atoms with Crippen LogP contribution < -0.4 is 4.90 Å². The second-order valence-electron chi connectivity index (χ2n) is 4.25. The highest BCUT2D eigenvalue weighted by atomic mass is 16.4. The Bertz CT molecular complexity index is 604. The highest BCUT2D eigenvalue weighted by molar-refractivity contribution is 5.93. The van der Waals surface area contributed by atoms with Gasteiger partial charge in [0, 0.05) is 19.3 Å². The molecule has 100 valence electrons. The quantitative estimate of drug-likeness (QED) is 0.809. The van der Waals surface area contributed by atoms with Crippen LogP contribution in [0.3, 0.4) is 0 Å². The lowest BCUT2D eigenvalue weighted by Crippen LogP contribution is -2.26. The second-order valence-corrected chi connectivity index (χ2v) is 4.25. The minimum atomic E-state index is -0.973. The smallest absolute Gasteiger partial charge is 0.356 e. The van der Waals surface area contributed by atoms with Gasteiger partial charge in [-0.3, -0.25) is 4.40 Å². The van der Waals surface area contributed by atoms with E-state index in [2.05, 4.69) is 11.6 Å². The molecule has 0 fully saturated rings. The number of pyridine rings is 1. The van der Waals surface area contributed by atoms with Gasteiger partial charge in [0.05, 0.1) is 0 Å². The van der Waals surface area contributed by atoms with Gasteiger partial charge in [0.1, 0.15) is 5.65 Å². The average Bonchev–Trinajstić information content (AvgIpc) is 2.77. The van der Waals surface area contributed by atoms with E-state index in [1.807, 2.05) is 17.9 Å². The first-order chi connectivity index (χ1) is 9.19. The number of carbonyl (C=O) groups is 1. The Labute approximate surface area is 111 Å². The lowest BCUT2D eigenvalue weighted by Gasteiger charge is -2.20. The van der Waals surface area contributed by atoms with Crippen molar-refractivity contribution >= 4 is 17.4 Å². The normalized spacial score (nSPS) is 10.6. The van der Waals surface area contributed by atoms with Crippen molar-refractivity contribution in [2.45, 2.75) is 13.3 Å². The van der Waals surface area contributed by atoms with E-state index < -0.39 is 5.97 Å². The number of aromatic nitrogens is 2. The summed E-state index contributed by atoms with van der Waals surface area (Å²) < 4.78 is 1.60. The summed E-state index contributed by atoms with van der Waals surface area (Å²) in [6.45, 7) is 7.09. The maximum Gasteiger partial charge on any atom is 0.356 e. The van der Waals surface area contributed by atoms with Gasteiger partial charge < -0.3 is 10.0 Å². The molecule has 0 aliphatic carbocycles. The molecule has 0 amide bonds. The Hall–Kier alpha value is -2.30. The third kappa shape index (κ3) is 2.45. The summed E-state index contributed by atoms with van der Waals surface area (Å²) in [5.41, 5.74) is 0.839. The third-order valence-corrected chi connectivity index (χ3v) is 2.86. The van der Waals surface area contributed by atoms with Crippen molar-refractivity contribution in [3.8, 4) is 0 Å². The second kappa shape index (κ2) is 5.56. The van der Waals surface area contributed by atoms with Crippen LogP contribution in [0.2, 0.25) is 0 Å². The summed E-state index contributed by atoms with van der Waals surface area (Å²) in [4.78, 5) is 17.9. The summed E-state index contributed by atoms with van der Waals surface area (Å²) in [6.07, 6.45) is 4.39. The first kappa shape index (κ1) is 13.1. The van der Waals surface area contributed by atoms with E-state index in [1.165, 1.54) is 0 Å². The fourth-order valence-electron chi connectivity index (χ4n) is 2.11. The molecule has 1 N–H and O–H groups in total. The van der Waals surface area contributed by atoms with E-state index in [9.17, 15) is 9.90 Å². The van der Waals surface area contributed by atoms with Crippen LogP contribution >= 0.6 is 0 Å². The molecule has 5 heteroatoms. The van der Waals surface area contributed by atoms with Crippen LogP contribution in [0.5, 0.6) is 0 Å². The molecule has 0 spiro atoms. The van der Waals surface area contributed by atoms with Crippen LogP contribution in [0.1, 0.15) is 23.8 Å². The Morgan fingerprint density at radius 2 is 2.37 bits per heavy atom. The number of aromatic carboxylic acids is 1. The maximum atomic E-state index is 11.5. The van der Waals surface area contributed by atoms with Crippen molar-refractivity contribution < 1.29 is 9.90 Å². The van der Waals surface area contributed by atoms with E-state index >= 15 is 0 Å². The number of imidazole rings is 1. The zero-order valence-corrected chi connectivity index (χ0v) is 10.9. The Balaban J connectivity index is 2.59. The molecule has 0 aromatic carbocycles. The van der Waals surface area contributed by atoms with Crippen LogP contribution in [-0.2, 0) is 0 Å². The van der Waals surface area contributed by atoms with Gasteiger partial charge in [-0.2, -0.15) is 0 Å². The van der Waals surface area contributed by atoms with Crippen LogP contribution in [-0.4, -0.2) is 33.6 Å². The van der Waals surface area contributed by atoms with Crippen LogP contribution in [0.4, 0.5) is 5.82 Å². The lowest BCUT2D eigenvalue weighted by molar-refractivity contribution is 0.0690. The van der Waals surface area contributed by atoms with Crippen molar-refractivity contribution in [2.75, 3.05) is 18.0 Å². The standard InChI is InChI=1S/C14H17N3O2/c1-3-8-16(9-4-2)13-12(14(18)19)17-10-6-5-7-11(17)15-13/h3,5-7,10H,1,4,8-9H2,2H3,(H,18,19). The summed E-state index contributed by atoms with van der Waals surface area (Å²) in [6, 6.07) is 5.44. The highest BCUT2D eigenvalue weighted by Crippen LogP contribution is 2.22. The Kier molecular flexibility index (Phi) is 3.85. The van der Waals surface area contributed by atoms with Crippen molar-refractivity contribution in [1.82, 2.24) is 9.38 Å². The number of carboxylic acids is 1. The average molecular weight is 259 g/mol. The molecular formula is C14H17N3O2. The summed E-state index contributed by atoms with van der Waals surface area (Å²) in [7, 11) is 0. The van der Waals surface area contributed by atoms with Crippen LogP contribution in [0.15, 0.2) is 37.1 Å². The third-order valence-electron chi connectivity index (χ3n) is 2.86. The van der Waals surface area contributed by atoms with E-state index in [1.54, 1.807) is 28.8 Å². The molecule has 0 radical (unpaired) electrons. The highest BCUT2D eigenvalue weighted by Gasteiger charge is 2.22. The SMILES string of the molecule is C=CCN(CCC)c1nc2ccccn2c1C(=O)O. The first-order valence-corrected chi connectivity index (χ1v) is 6.25. The number of anilines is 1. The number of hydrogen-bond acceptors (Lipinski definition) is 3. The monoisotopic (exact) mass is 259 g/mol. The fraction of sp³-hybridized carbons (Fsp3) is 0.286. The molecule has 2 aromatic heterocycles. The number of fused-ring (bicyclic) bond motifs is 1. The molecule has 0 saturated carbocycles. The van der Waals surface area contributed by atoms with Gasteiger partial charge in [-0.25, -0.2) is 9.78 Å². The van der Waals surface area contributed by atoms with Crippen LogP contribution in [0.25, 0.3) is 5.65 Å². The van der Waals surface area contributed by atoms with E-state index in [4.69, 9.17) is 0 Å². The molecule has 0 atom stereocenters. The first-order valence-electron chi connectivity index (χ1n) is 6.25. The van der Waals surface area contributed by atoms with Gasteiger partial charge >= 0.3 is 5.97 Å². The Morgan fingerprint density at radius 3 is 3.00 bits per heavy atom. The summed E-state index contributed by atoms with van der Waals surface area (Å²) >= 11 is 0. The van der Waals surface area contributed by atoms with Crippen molar-refractivity contribution in [2.24, 2.45) is 0 Å². The zero-order valence-electron chi connectivity index (χ0n) is 10.9. The summed E-state index contributed by atoms with van der Waals surface area (Å²) in [5, 5.41) is 9.42. The Morgan fingerprint density at radius 1 is 1.58 bits per heavy atom. The van der Waals surface area contributed by atoms with Gasteiger partial charge in [0.2, 0.25) is 0 Å². The zero-order chi connectivity index (χ0) is 13.8. The molecule has 0 unspecified atom stereocenters. The van der Waals surface area contributed by atoms with Crippen molar-refractivity contribution in [3.05, 3.63) is 42.7 Å². The molecule has 2 aromatic rings. The molecule has 5 nitrogen and oxygen atoms in total. The lowest BCUT2D eigenvalue weighted by atomic mass is 10.3. The van der Waals surface area contributed by atoms with Crippen molar-refractivity contribution in [1.29, 1.82) is 0 Å². The van der Waals surface area contributed by atoms with Gasteiger partial charge in [-0.05, 0) is 18.6 Å². The number of nitrogens with zero attached hydrogens (tertiary/aromatic N) is 3. The predicted octanol–water partition coefficient (Wildman–Crippen LogP) is 2.43. The fourth-order valence-corrected chi connectivity index (χ4v) is 2.11. The molecular weight excluding hydrogens is 242 g/mol. The molecule has 0 aliphatic rings. The minimum Gasteiger partial charge on any atom is -0.476 e. The van der Waals surface area contributed by atoms with E-state index in [0.29, 0.717) is 18.0 Å². The number of carboxylic acid groups (broad SMARTS) is 1. The topological polar surface area (TPSA) is 57.8 Å². The molecule has 0 bridgehead atoms. The summed E-state index contributed by atoms with van der Waals surface area (Å²) in [5.74, 6) is -0.473. The van der Waals surface area contributed by atoms with E-state index in [0.717, 1.165) is 13.0 Å². The van der Waals surface area contributed by atoms with Crippen LogP contribution in [0, 0.1) is 0 Å². The van der Waals surface area contributed by atoms with E-state index in [-0.39, 0.29) is 5.69 Å². The molecule has 0 aliphatic heterocycles. The number of hydrogen-bond donors (Lipinski definition) is 1. The minimum absolute atomic E-state index is 0.200.